The first kappa shape index (κ1) is 21.3. The highest BCUT2D eigenvalue weighted by Gasteiger charge is 2.15. The van der Waals surface area contributed by atoms with Crippen molar-refractivity contribution >= 4 is 39.5 Å². The summed E-state index contributed by atoms with van der Waals surface area (Å²) in [6, 6.07) is 11.2. The molecule has 3 aromatic rings. The Morgan fingerprint density at radius 3 is 2.40 bits per heavy atom. The number of sulfonamides is 1. The first-order valence-corrected chi connectivity index (χ1v) is 10.6. The molecule has 30 heavy (non-hydrogen) atoms. The van der Waals surface area contributed by atoms with Gasteiger partial charge in [0.1, 0.15) is 17.2 Å². The van der Waals surface area contributed by atoms with Crippen LogP contribution >= 0.6 is 0 Å². The number of amides is 1. The summed E-state index contributed by atoms with van der Waals surface area (Å²) < 4.78 is 45.5. The fraction of sp³-hybridized carbons (Fsp3) is 0.143. The molecule has 0 fully saturated rings. The van der Waals surface area contributed by atoms with Gasteiger partial charge in [0.25, 0.3) is 10.0 Å². The lowest BCUT2D eigenvalue weighted by atomic mass is 10.2. The normalized spacial score (nSPS) is 11.6. The molecular weight excluding hydrogens is 409 g/mol. The first-order chi connectivity index (χ1) is 14.3. The Balaban J connectivity index is 1.74. The fourth-order valence-electron chi connectivity index (χ4n) is 2.54. The van der Waals surface area contributed by atoms with Crippen LogP contribution in [0.25, 0.3) is 12.2 Å². The zero-order valence-corrected chi connectivity index (χ0v) is 17.2. The highest BCUT2D eigenvalue weighted by atomic mass is 32.2. The van der Waals surface area contributed by atoms with Crippen LogP contribution in [0.15, 0.2) is 57.9 Å². The van der Waals surface area contributed by atoms with Crippen LogP contribution in [-0.4, -0.2) is 19.5 Å². The van der Waals surface area contributed by atoms with Crippen LogP contribution in [0.4, 0.5) is 15.8 Å². The van der Waals surface area contributed by atoms with E-state index in [9.17, 15) is 17.6 Å². The minimum atomic E-state index is -3.80. The van der Waals surface area contributed by atoms with Crippen molar-refractivity contribution in [2.24, 2.45) is 0 Å². The molecule has 0 aliphatic heterocycles. The number of rotatable bonds is 7. The largest absolute Gasteiger partial charge is 0.354 e. The van der Waals surface area contributed by atoms with E-state index in [1.54, 1.807) is 38.1 Å². The maximum atomic E-state index is 13.0. The molecule has 7 nitrogen and oxygen atoms in total. The molecule has 1 aromatic heterocycles. The van der Waals surface area contributed by atoms with Crippen LogP contribution in [0.2, 0.25) is 0 Å². The van der Waals surface area contributed by atoms with Crippen LogP contribution in [0.3, 0.4) is 0 Å². The molecule has 0 aliphatic carbocycles. The molecular formula is C21H20FN3O4S. The predicted molar refractivity (Wildman–Crippen MR) is 113 cm³/mol. The number of nitrogens with zero attached hydrogens (tertiary/aromatic N) is 1. The lowest BCUT2D eigenvalue weighted by Gasteiger charge is -2.08. The topological polar surface area (TPSA) is 101 Å². The van der Waals surface area contributed by atoms with Crippen molar-refractivity contribution < 1.29 is 22.1 Å². The molecule has 0 unspecified atom stereocenters. The van der Waals surface area contributed by atoms with E-state index in [0.29, 0.717) is 23.6 Å². The molecule has 0 saturated heterocycles. The molecule has 0 atom stereocenters. The Bertz CT molecular complexity index is 1170. The second kappa shape index (κ2) is 8.91. The third-order valence-corrected chi connectivity index (χ3v) is 5.59. The van der Waals surface area contributed by atoms with Crippen LogP contribution < -0.4 is 10.0 Å². The maximum Gasteiger partial charge on any atom is 0.261 e. The van der Waals surface area contributed by atoms with Gasteiger partial charge in [-0.15, -0.1) is 0 Å². The molecule has 3 rings (SSSR count). The van der Waals surface area contributed by atoms with Gasteiger partial charge in [-0.2, -0.15) is 0 Å². The molecule has 2 N–H and O–H groups in total. The zero-order chi connectivity index (χ0) is 21.7. The number of carbonyl (C=O) groups is 1. The third-order valence-electron chi connectivity index (χ3n) is 4.19. The van der Waals surface area contributed by atoms with Crippen molar-refractivity contribution in [2.75, 3.05) is 10.0 Å². The van der Waals surface area contributed by atoms with Crippen LogP contribution in [-0.2, 0) is 14.8 Å². The van der Waals surface area contributed by atoms with E-state index in [4.69, 9.17) is 4.52 Å². The van der Waals surface area contributed by atoms with E-state index in [-0.39, 0.29) is 16.5 Å². The molecule has 0 spiro atoms. The summed E-state index contributed by atoms with van der Waals surface area (Å²) in [5.74, 6) is -0.211. The molecule has 2 aromatic carbocycles. The van der Waals surface area contributed by atoms with Gasteiger partial charge in [-0.25, -0.2) is 12.8 Å². The summed E-state index contributed by atoms with van der Waals surface area (Å²) in [4.78, 5) is 11.7. The second-order valence-corrected chi connectivity index (χ2v) is 8.11. The lowest BCUT2D eigenvalue weighted by molar-refractivity contribution is -0.115. The summed E-state index contributed by atoms with van der Waals surface area (Å²) in [6.07, 6.45) is 3.69. The second-order valence-electron chi connectivity index (χ2n) is 6.42. The van der Waals surface area contributed by atoms with Crippen molar-refractivity contribution in [3.63, 3.8) is 0 Å². The third kappa shape index (κ3) is 5.12. The first-order valence-electron chi connectivity index (χ1n) is 9.11. The average Bonchev–Trinajstić information content (AvgIpc) is 3.07. The molecule has 0 bridgehead atoms. The summed E-state index contributed by atoms with van der Waals surface area (Å²) in [5, 5.41) is 6.60. The van der Waals surface area contributed by atoms with Gasteiger partial charge in [0, 0.05) is 12.1 Å². The van der Waals surface area contributed by atoms with Crippen LogP contribution in [0.1, 0.15) is 30.4 Å². The van der Waals surface area contributed by atoms with Gasteiger partial charge in [0.05, 0.1) is 4.90 Å². The Morgan fingerprint density at radius 2 is 1.77 bits per heavy atom. The number of nitrogens with one attached hydrogen (secondary N) is 2. The zero-order valence-electron chi connectivity index (χ0n) is 16.3. The number of anilines is 2. The summed E-state index contributed by atoms with van der Waals surface area (Å²) in [5.41, 5.74) is 2.05. The summed E-state index contributed by atoms with van der Waals surface area (Å²) in [7, 11) is -3.80. The molecule has 156 valence electrons. The number of hydrogen-bond donors (Lipinski definition) is 2. The molecule has 0 saturated carbocycles. The molecule has 0 radical (unpaired) electrons. The van der Waals surface area contributed by atoms with Gasteiger partial charge >= 0.3 is 0 Å². The Labute approximate surface area is 173 Å². The molecule has 1 heterocycles. The molecule has 9 heteroatoms. The molecule has 1 amide bonds. The highest BCUT2D eigenvalue weighted by Crippen LogP contribution is 2.23. The van der Waals surface area contributed by atoms with E-state index in [1.165, 1.54) is 36.4 Å². The maximum absolute atomic E-state index is 13.0. The van der Waals surface area contributed by atoms with Gasteiger partial charge in [-0.05, 0) is 55.0 Å². The summed E-state index contributed by atoms with van der Waals surface area (Å²) in [6.45, 7) is 3.47. The van der Waals surface area contributed by atoms with Gasteiger partial charge in [-0.3, -0.25) is 9.52 Å². The predicted octanol–water partition coefficient (Wildman–Crippen LogP) is 4.44. The number of aromatic nitrogens is 1. The quantitative estimate of drug-likeness (QED) is 0.578. The fourth-order valence-corrected chi connectivity index (χ4v) is 3.60. The minimum absolute atomic E-state index is 0.0652. The van der Waals surface area contributed by atoms with Crippen molar-refractivity contribution in [1.82, 2.24) is 5.16 Å². The smallest absolute Gasteiger partial charge is 0.261 e. The van der Waals surface area contributed by atoms with Gasteiger partial charge in [-0.1, -0.05) is 30.3 Å². The Hall–Kier alpha value is -3.46. The Kier molecular flexibility index (Phi) is 6.31. The van der Waals surface area contributed by atoms with Gasteiger partial charge in [0.2, 0.25) is 5.91 Å². The summed E-state index contributed by atoms with van der Waals surface area (Å²) >= 11 is 0. The van der Waals surface area contributed by atoms with E-state index < -0.39 is 15.8 Å². The number of aryl methyl sites for hydroxylation is 1. The van der Waals surface area contributed by atoms with E-state index >= 15 is 0 Å². The number of hydrogen-bond acceptors (Lipinski definition) is 5. The van der Waals surface area contributed by atoms with Gasteiger partial charge < -0.3 is 9.84 Å². The van der Waals surface area contributed by atoms with Crippen molar-refractivity contribution in [3.05, 3.63) is 71.4 Å². The molecule has 0 aliphatic rings. The van der Waals surface area contributed by atoms with Crippen molar-refractivity contribution in [2.45, 2.75) is 25.2 Å². The standard InChI is InChI=1S/C21H20FN3O4S/c1-3-20(26)23-21-14(2)24-29-19(21)13-6-15-4-11-18(12-5-15)30(27,28)25-17-9-7-16(22)8-10-17/h4-13,25H,3H2,1-2H3,(H,23,26)/b13-6-. The van der Waals surface area contributed by atoms with Crippen LogP contribution in [0, 0.1) is 12.7 Å². The number of benzene rings is 2. The van der Waals surface area contributed by atoms with Crippen molar-refractivity contribution in [1.29, 1.82) is 0 Å². The monoisotopic (exact) mass is 429 g/mol. The van der Waals surface area contributed by atoms with Crippen LogP contribution in [0.5, 0.6) is 0 Å². The van der Waals surface area contributed by atoms with E-state index in [1.807, 2.05) is 0 Å². The van der Waals surface area contributed by atoms with E-state index in [0.717, 1.165) is 5.56 Å². The van der Waals surface area contributed by atoms with Gasteiger partial charge in [0.15, 0.2) is 5.76 Å². The van der Waals surface area contributed by atoms with E-state index in [2.05, 4.69) is 15.2 Å². The number of carbonyl (C=O) groups excluding carboxylic acids is 1. The average molecular weight is 429 g/mol. The number of halogens is 1. The SMILES string of the molecule is CCC(=O)Nc1c(C)noc1/C=C\c1ccc(S(=O)(=O)Nc2ccc(F)cc2)cc1. The Morgan fingerprint density at radius 1 is 1.10 bits per heavy atom. The van der Waals surface area contributed by atoms with Crippen molar-refractivity contribution in [3.8, 4) is 0 Å². The minimum Gasteiger partial charge on any atom is -0.354 e. The highest BCUT2D eigenvalue weighted by molar-refractivity contribution is 7.92. The lowest BCUT2D eigenvalue weighted by Crippen LogP contribution is -2.12.